The lowest BCUT2D eigenvalue weighted by Crippen LogP contribution is -2.49. The van der Waals surface area contributed by atoms with E-state index >= 15 is 0 Å². The van der Waals surface area contributed by atoms with Crippen LogP contribution in [0.2, 0.25) is 5.02 Å². The van der Waals surface area contributed by atoms with E-state index in [0.717, 1.165) is 38.2 Å². The third kappa shape index (κ3) is 5.08. The minimum absolute atomic E-state index is 0.00882. The SMILES string of the molecule is O=C(COc1ccc(Cl)c(F)c1)N[C@H]1CC[C@H](NC(=O)C2CCO2)CC1. The van der Waals surface area contributed by atoms with Crippen LogP contribution in [0.5, 0.6) is 5.75 Å². The van der Waals surface area contributed by atoms with Gasteiger partial charge >= 0.3 is 0 Å². The number of hydrogen-bond donors (Lipinski definition) is 2. The first kappa shape index (κ1) is 18.9. The fourth-order valence-corrected chi connectivity index (χ4v) is 3.22. The Labute approximate surface area is 156 Å². The van der Waals surface area contributed by atoms with Crippen molar-refractivity contribution in [2.75, 3.05) is 13.2 Å². The Balaban J connectivity index is 1.35. The van der Waals surface area contributed by atoms with Gasteiger partial charge in [0.2, 0.25) is 5.91 Å². The second-order valence-corrected chi connectivity index (χ2v) is 7.04. The lowest BCUT2D eigenvalue weighted by molar-refractivity contribution is -0.146. The first-order valence-electron chi connectivity index (χ1n) is 8.80. The van der Waals surface area contributed by atoms with Crippen molar-refractivity contribution in [3.05, 3.63) is 29.0 Å². The largest absolute Gasteiger partial charge is 0.484 e. The van der Waals surface area contributed by atoms with Crippen LogP contribution in [0.15, 0.2) is 18.2 Å². The van der Waals surface area contributed by atoms with Crippen molar-refractivity contribution in [3.8, 4) is 5.75 Å². The molecule has 26 heavy (non-hydrogen) atoms. The van der Waals surface area contributed by atoms with Gasteiger partial charge in [0.15, 0.2) is 6.61 Å². The molecule has 1 atom stereocenters. The van der Waals surface area contributed by atoms with Crippen LogP contribution < -0.4 is 15.4 Å². The van der Waals surface area contributed by atoms with Gasteiger partial charge in [-0.2, -0.15) is 0 Å². The molecule has 1 aromatic rings. The predicted molar refractivity (Wildman–Crippen MR) is 93.6 cm³/mol. The minimum atomic E-state index is -0.586. The maximum absolute atomic E-state index is 13.3. The molecule has 0 aromatic heterocycles. The lowest BCUT2D eigenvalue weighted by Gasteiger charge is -2.32. The lowest BCUT2D eigenvalue weighted by atomic mass is 9.91. The standard InChI is InChI=1S/C18H22ClFN2O4/c19-14-6-5-13(9-15(14)20)26-10-17(23)21-11-1-3-12(4-2-11)22-18(24)16-7-8-25-16/h5-6,9,11-12,16H,1-4,7-8,10H2,(H,21,23)(H,22,24)/t11-,12-,16?. The number of carbonyl (C=O) groups is 2. The predicted octanol–water partition coefficient (Wildman–Crippen LogP) is 2.19. The van der Waals surface area contributed by atoms with E-state index in [1.165, 1.54) is 12.1 Å². The number of halogens is 2. The molecule has 1 saturated heterocycles. The molecule has 8 heteroatoms. The summed E-state index contributed by atoms with van der Waals surface area (Å²) in [6.07, 6.45) is 3.70. The quantitative estimate of drug-likeness (QED) is 0.788. The molecule has 2 fully saturated rings. The zero-order chi connectivity index (χ0) is 18.5. The second kappa shape index (κ2) is 8.68. The molecule has 2 N–H and O–H groups in total. The van der Waals surface area contributed by atoms with E-state index in [2.05, 4.69) is 10.6 Å². The van der Waals surface area contributed by atoms with Gasteiger partial charge in [-0.25, -0.2) is 4.39 Å². The highest BCUT2D eigenvalue weighted by molar-refractivity contribution is 6.30. The highest BCUT2D eigenvalue weighted by atomic mass is 35.5. The fourth-order valence-electron chi connectivity index (χ4n) is 3.10. The second-order valence-electron chi connectivity index (χ2n) is 6.64. The fraction of sp³-hybridized carbons (Fsp3) is 0.556. The van der Waals surface area contributed by atoms with Crippen LogP contribution in [0, 0.1) is 5.82 Å². The Kier molecular flexibility index (Phi) is 6.32. The van der Waals surface area contributed by atoms with E-state index in [0.29, 0.717) is 6.61 Å². The van der Waals surface area contributed by atoms with Crippen molar-refractivity contribution in [2.24, 2.45) is 0 Å². The van der Waals surface area contributed by atoms with Crippen LogP contribution in [-0.4, -0.2) is 43.2 Å². The van der Waals surface area contributed by atoms with Crippen LogP contribution in [0.4, 0.5) is 4.39 Å². The third-order valence-electron chi connectivity index (χ3n) is 4.69. The molecule has 1 saturated carbocycles. The molecule has 2 aliphatic rings. The molecule has 1 aliphatic carbocycles. The van der Waals surface area contributed by atoms with Crippen LogP contribution >= 0.6 is 11.6 Å². The maximum atomic E-state index is 13.3. The van der Waals surface area contributed by atoms with Crippen molar-refractivity contribution in [1.29, 1.82) is 0 Å². The third-order valence-corrected chi connectivity index (χ3v) is 5.00. The van der Waals surface area contributed by atoms with Gasteiger partial charge in [-0.3, -0.25) is 9.59 Å². The number of benzene rings is 1. The summed E-state index contributed by atoms with van der Waals surface area (Å²) in [6.45, 7) is 0.471. The number of rotatable bonds is 6. The highest BCUT2D eigenvalue weighted by Gasteiger charge is 2.30. The van der Waals surface area contributed by atoms with Crippen LogP contribution in [0.3, 0.4) is 0 Å². The molecule has 1 aromatic carbocycles. The first-order chi connectivity index (χ1) is 12.5. The van der Waals surface area contributed by atoms with Crippen LogP contribution in [0.1, 0.15) is 32.1 Å². The van der Waals surface area contributed by atoms with Gasteiger partial charge in [-0.1, -0.05) is 11.6 Å². The molecule has 0 bridgehead atoms. The summed E-state index contributed by atoms with van der Waals surface area (Å²) in [6, 6.07) is 4.23. The summed E-state index contributed by atoms with van der Waals surface area (Å²) >= 11 is 5.60. The molecule has 1 unspecified atom stereocenters. The Hall–Kier alpha value is -1.86. The molecule has 0 radical (unpaired) electrons. The minimum Gasteiger partial charge on any atom is -0.484 e. The van der Waals surface area contributed by atoms with Gasteiger partial charge in [0.25, 0.3) is 5.91 Å². The molecule has 2 amide bonds. The molecule has 3 rings (SSSR count). The topological polar surface area (TPSA) is 76.7 Å². The van der Waals surface area contributed by atoms with Crippen molar-refractivity contribution in [2.45, 2.75) is 50.3 Å². The van der Waals surface area contributed by atoms with E-state index < -0.39 is 5.82 Å². The van der Waals surface area contributed by atoms with Crippen LogP contribution in [-0.2, 0) is 14.3 Å². The van der Waals surface area contributed by atoms with Gasteiger partial charge in [-0.15, -0.1) is 0 Å². The van der Waals surface area contributed by atoms with Crippen molar-refractivity contribution < 1.29 is 23.5 Å². The van der Waals surface area contributed by atoms with E-state index in [-0.39, 0.29) is 47.4 Å². The molecule has 6 nitrogen and oxygen atoms in total. The number of nitrogens with one attached hydrogen (secondary N) is 2. The summed E-state index contributed by atoms with van der Waals surface area (Å²) in [7, 11) is 0. The van der Waals surface area contributed by atoms with Gasteiger partial charge in [0.1, 0.15) is 17.7 Å². The van der Waals surface area contributed by atoms with Crippen molar-refractivity contribution in [1.82, 2.24) is 10.6 Å². The Bertz CT molecular complexity index is 661. The average Bonchev–Trinajstić information content (AvgIpc) is 2.56. The summed E-state index contributed by atoms with van der Waals surface area (Å²) in [5.41, 5.74) is 0. The molecule has 1 heterocycles. The zero-order valence-corrected chi connectivity index (χ0v) is 15.1. The Morgan fingerprint density at radius 3 is 2.38 bits per heavy atom. The highest BCUT2D eigenvalue weighted by Crippen LogP contribution is 2.21. The number of amides is 2. The van der Waals surface area contributed by atoms with E-state index in [1.807, 2.05) is 0 Å². The molecule has 1 aliphatic heterocycles. The number of ether oxygens (including phenoxy) is 2. The van der Waals surface area contributed by atoms with Gasteiger partial charge in [0, 0.05) is 24.6 Å². The van der Waals surface area contributed by atoms with Crippen molar-refractivity contribution in [3.63, 3.8) is 0 Å². The van der Waals surface area contributed by atoms with E-state index in [9.17, 15) is 14.0 Å². The molecule has 0 spiro atoms. The normalized spacial score (nSPS) is 25.1. The Morgan fingerprint density at radius 2 is 1.81 bits per heavy atom. The molecular formula is C18H22ClFN2O4. The van der Waals surface area contributed by atoms with Gasteiger partial charge in [-0.05, 0) is 37.8 Å². The summed E-state index contributed by atoms with van der Waals surface area (Å²) in [5.74, 6) is -0.619. The van der Waals surface area contributed by atoms with Gasteiger partial charge < -0.3 is 20.1 Å². The molecular weight excluding hydrogens is 363 g/mol. The first-order valence-corrected chi connectivity index (χ1v) is 9.18. The summed E-state index contributed by atoms with van der Waals surface area (Å²) in [4.78, 5) is 23.8. The number of carbonyl (C=O) groups excluding carboxylic acids is 2. The van der Waals surface area contributed by atoms with Gasteiger partial charge in [0.05, 0.1) is 11.6 Å². The molecule has 142 valence electrons. The zero-order valence-electron chi connectivity index (χ0n) is 14.3. The van der Waals surface area contributed by atoms with Crippen LogP contribution in [0.25, 0.3) is 0 Å². The average molecular weight is 385 g/mol. The smallest absolute Gasteiger partial charge is 0.258 e. The summed E-state index contributed by atoms with van der Waals surface area (Å²) < 4.78 is 23.8. The Morgan fingerprint density at radius 1 is 1.15 bits per heavy atom. The number of hydrogen-bond acceptors (Lipinski definition) is 4. The van der Waals surface area contributed by atoms with E-state index in [4.69, 9.17) is 21.1 Å². The van der Waals surface area contributed by atoms with E-state index in [1.54, 1.807) is 0 Å². The maximum Gasteiger partial charge on any atom is 0.258 e. The monoisotopic (exact) mass is 384 g/mol. The summed E-state index contributed by atoms with van der Waals surface area (Å²) in [5, 5.41) is 5.93. The van der Waals surface area contributed by atoms with Crippen molar-refractivity contribution >= 4 is 23.4 Å².